The standard InChI is InChI=1S/C13H20N4O/c1-8-3-11(13(15)18)5-12(16-8)17-7-10(6-14)4-9(17)2/h3,5,9-10H,4,6-7,14H2,1-2H3,(H2,15,18). The second-order valence-electron chi connectivity index (χ2n) is 5.06. The summed E-state index contributed by atoms with van der Waals surface area (Å²) in [6, 6.07) is 3.88. The zero-order valence-electron chi connectivity index (χ0n) is 10.9. The fourth-order valence-electron chi connectivity index (χ4n) is 2.57. The van der Waals surface area contributed by atoms with E-state index in [-0.39, 0.29) is 0 Å². The Morgan fingerprint density at radius 2 is 2.28 bits per heavy atom. The molecular weight excluding hydrogens is 228 g/mol. The van der Waals surface area contributed by atoms with Crippen molar-refractivity contribution in [3.63, 3.8) is 0 Å². The molecule has 4 N–H and O–H groups in total. The molecule has 1 amide bonds. The maximum Gasteiger partial charge on any atom is 0.248 e. The highest BCUT2D eigenvalue weighted by Crippen LogP contribution is 2.27. The second-order valence-corrected chi connectivity index (χ2v) is 5.06. The minimum atomic E-state index is -0.413. The van der Waals surface area contributed by atoms with Crippen molar-refractivity contribution >= 4 is 11.7 Å². The summed E-state index contributed by atoms with van der Waals surface area (Å²) in [6.07, 6.45) is 1.07. The van der Waals surface area contributed by atoms with Crippen molar-refractivity contribution in [1.29, 1.82) is 0 Å². The third kappa shape index (κ3) is 2.46. The van der Waals surface area contributed by atoms with Gasteiger partial charge in [0.15, 0.2) is 0 Å². The first kappa shape index (κ1) is 12.8. The highest BCUT2D eigenvalue weighted by atomic mass is 16.1. The molecule has 0 aromatic carbocycles. The van der Waals surface area contributed by atoms with Crippen LogP contribution in [0.2, 0.25) is 0 Å². The lowest BCUT2D eigenvalue weighted by Gasteiger charge is -2.23. The van der Waals surface area contributed by atoms with Gasteiger partial charge in [0.25, 0.3) is 0 Å². The fourth-order valence-corrected chi connectivity index (χ4v) is 2.57. The molecule has 1 aromatic heterocycles. The topological polar surface area (TPSA) is 85.2 Å². The van der Waals surface area contributed by atoms with Crippen LogP contribution in [0.15, 0.2) is 12.1 Å². The molecule has 2 heterocycles. The fraction of sp³-hybridized carbons (Fsp3) is 0.538. The summed E-state index contributed by atoms with van der Waals surface area (Å²) in [4.78, 5) is 18.0. The van der Waals surface area contributed by atoms with Gasteiger partial charge in [-0.2, -0.15) is 0 Å². The molecule has 0 aliphatic carbocycles. The number of anilines is 1. The SMILES string of the molecule is Cc1cc(C(N)=O)cc(N2CC(CN)CC2C)n1. The highest BCUT2D eigenvalue weighted by Gasteiger charge is 2.29. The minimum absolute atomic E-state index is 0.397. The van der Waals surface area contributed by atoms with Crippen LogP contribution in [0.1, 0.15) is 29.4 Å². The number of nitrogens with zero attached hydrogens (tertiary/aromatic N) is 2. The van der Waals surface area contributed by atoms with Crippen molar-refractivity contribution in [2.75, 3.05) is 18.0 Å². The maximum atomic E-state index is 11.3. The molecular formula is C13H20N4O. The molecule has 0 bridgehead atoms. The minimum Gasteiger partial charge on any atom is -0.366 e. The third-order valence-electron chi connectivity index (χ3n) is 3.51. The lowest BCUT2D eigenvalue weighted by atomic mass is 10.1. The number of rotatable bonds is 3. The van der Waals surface area contributed by atoms with Crippen molar-refractivity contribution in [3.05, 3.63) is 23.4 Å². The van der Waals surface area contributed by atoms with E-state index in [4.69, 9.17) is 11.5 Å². The Kier molecular flexibility index (Phi) is 3.52. The number of primary amides is 1. The lowest BCUT2D eigenvalue weighted by Crippen LogP contribution is -2.29. The summed E-state index contributed by atoms with van der Waals surface area (Å²) in [5.74, 6) is 0.913. The van der Waals surface area contributed by atoms with Crippen LogP contribution in [0.25, 0.3) is 0 Å². The van der Waals surface area contributed by atoms with Crippen molar-refractivity contribution < 1.29 is 4.79 Å². The van der Waals surface area contributed by atoms with Crippen molar-refractivity contribution in [2.45, 2.75) is 26.3 Å². The molecule has 1 aliphatic heterocycles. The Hall–Kier alpha value is -1.62. The third-order valence-corrected chi connectivity index (χ3v) is 3.51. The molecule has 98 valence electrons. The van der Waals surface area contributed by atoms with E-state index in [0.29, 0.717) is 24.1 Å². The summed E-state index contributed by atoms with van der Waals surface area (Å²) in [7, 11) is 0. The molecule has 1 aromatic rings. The molecule has 0 saturated carbocycles. The van der Waals surface area contributed by atoms with E-state index >= 15 is 0 Å². The largest absolute Gasteiger partial charge is 0.366 e. The van der Waals surface area contributed by atoms with E-state index < -0.39 is 5.91 Å². The molecule has 1 saturated heterocycles. The first-order valence-corrected chi connectivity index (χ1v) is 6.26. The van der Waals surface area contributed by atoms with Crippen LogP contribution < -0.4 is 16.4 Å². The first-order chi connectivity index (χ1) is 8.51. The van der Waals surface area contributed by atoms with Crippen molar-refractivity contribution in [2.24, 2.45) is 17.4 Å². The molecule has 5 heteroatoms. The van der Waals surface area contributed by atoms with Crippen LogP contribution in [0.3, 0.4) is 0 Å². The number of carbonyl (C=O) groups is 1. The number of aryl methyl sites for hydroxylation is 1. The van der Waals surface area contributed by atoms with Gasteiger partial charge in [0.1, 0.15) is 5.82 Å². The van der Waals surface area contributed by atoms with E-state index in [2.05, 4.69) is 16.8 Å². The Bertz CT molecular complexity index is 460. The summed E-state index contributed by atoms with van der Waals surface area (Å²) in [5, 5.41) is 0. The molecule has 5 nitrogen and oxygen atoms in total. The summed E-state index contributed by atoms with van der Waals surface area (Å²) in [6.45, 7) is 5.61. The first-order valence-electron chi connectivity index (χ1n) is 6.26. The molecule has 1 fully saturated rings. The van der Waals surface area contributed by atoms with Gasteiger partial charge in [-0.25, -0.2) is 4.98 Å². The van der Waals surface area contributed by atoms with Gasteiger partial charge in [-0.3, -0.25) is 4.79 Å². The average Bonchev–Trinajstić information content (AvgIpc) is 2.69. The Labute approximate surface area is 107 Å². The smallest absolute Gasteiger partial charge is 0.248 e. The number of hydrogen-bond acceptors (Lipinski definition) is 4. The van der Waals surface area contributed by atoms with Crippen molar-refractivity contribution in [1.82, 2.24) is 4.98 Å². The van der Waals surface area contributed by atoms with Crippen LogP contribution in [0.5, 0.6) is 0 Å². The van der Waals surface area contributed by atoms with E-state index in [0.717, 1.165) is 24.5 Å². The van der Waals surface area contributed by atoms with Crippen LogP contribution >= 0.6 is 0 Å². The Balaban J connectivity index is 2.30. The van der Waals surface area contributed by atoms with Gasteiger partial charge in [-0.1, -0.05) is 0 Å². The van der Waals surface area contributed by atoms with Gasteiger partial charge in [-0.15, -0.1) is 0 Å². The Morgan fingerprint density at radius 3 is 2.83 bits per heavy atom. The predicted octanol–water partition coefficient (Wildman–Crippen LogP) is 0.662. The van der Waals surface area contributed by atoms with Gasteiger partial charge in [0.05, 0.1) is 0 Å². The summed E-state index contributed by atoms with van der Waals surface area (Å²) >= 11 is 0. The molecule has 1 aliphatic rings. The van der Waals surface area contributed by atoms with Crippen LogP contribution in [-0.4, -0.2) is 30.0 Å². The molecule has 2 unspecified atom stereocenters. The second kappa shape index (κ2) is 4.94. The summed E-state index contributed by atoms with van der Waals surface area (Å²) in [5.41, 5.74) is 12.4. The highest BCUT2D eigenvalue weighted by molar-refractivity contribution is 5.93. The van der Waals surface area contributed by atoms with Crippen LogP contribution in [-0.2, 0) is 0 Å². The Morgan fingerprint density at radius 1 is 1.56 bits per heavy atom. The normalized spacial score (nSPS) is 23.4. The monoisotopic (exact) mass is 248 g/mol. The van der Waals surface area contributed by atoms with Crippen LogP contribution in [0.4, 0.5) is 5.82 Å². The van der Waals surface area contributed by atoms with Gasteiger partial charge >= 0.3 is 0 Å². The van der Waals surface area contributed by atoms with Gasteiger partial charge < -0.3 is 16.4 Å². The molecule has 18 heavy (non-hydrogen) atoms. The molecule has 2 rings (SSSR count). The molecule has 2 atom stereocenters. The van der Waals surface area contributed by atoms with Gasteiger partial charge in [0, 0.05) is 23.8 Å². The number of amides is 1. The zero-order valence-corrected chi connectivity index (χ0v) is 10.9. The predicted molar refractivity (Wildman–Crippen MR) is 71.5 cm³/mol. The summed E-state index contributed by atoms with van der Waals surface area (Å²) < 4.78 is 0. The molecule has 0 spiro atoms. The molecule has 0 radical (unpaired) electrons. The van der Waals surface area contributed by atoms with E-state index in [9.17, 15) is 4.79 Å². The number of carbonyl (C=O) groups excluding carboxylic acids is 1. The van der Waals surface area contributed by atoms with E-state index in [1.807, 2.05) is 6.92 Å². The average molecular weight is 248 g/mol. The maximum absolute atomic E-state index is 11.3. The number of nitrogens with two attached hydrogens (primary N) is 2. The number of pyridine rings is 1. The van der Waals surface area contributed by atoms with E-state index in [1.165, 1.54) is 0 Å². The van der Waals surface area contributed by atoms with Crippen molar-refractivity contribution in [3.8, 4) is 0 Å². The van der Waals surface area contributed by atoms with E-state index in [1.54, 1.807) is 12.1 Å². The number of aromatic nitrogens is 1. The quantitative estimate of drug-likeness (QED) is 0.823. The zero-order chi connectivity index (χ0) is 13.3. The van der Waals surface area contributed by atoms with Crippen LogP contribution in [0, 0.1) is 12.8 Å². The lowest BCUT2D eigenvalue weighted by molar-refractivity contribution is 0.1000. The van der Waals surface area contributed by atoms with Gasteiger partial charge in [0.2, 0.25) is 5.91 Å². The van der Waals surface area contributed by atoms with Gasteiger partial charge in [-0.05, 0) is 44.9 Å². The number of hydrogen-bond donors (Lipinski definition) is 2.